The Hall–Kier alpha value is -0.940. The summed E-state index contributed by atoms with van der Waals surface area (Å²) in [7, 11) is 1.36. The van der Waals surface area contributed by atoms with Crippen molar-refractivity contribution in [3.8, 4) is 0 Å². The molecule has 16 heavy (non-hydrogen) atoms. The highest BCUT2D eigenvalue weighted by molar-refractivity contribution is 8.14. The molecule has 1 aromatic carbocycles. The van der Waals surface area contributed by atoms with Crippen LogP contribution in [0.25, 0.3) is 0 Å². The molecular weight excluding hydrogens is 248 g/mol. The van der Waals surface area contributed by atoms with E-state index in [4.69, 9.17) is 10.7 Å². The van der Waals surface area contributed by atoms with Gasteiger partial charge >= 0.3 is 9.24 Å². The normalized spacial score (nSPS) is 11.2. The van der Waals surface area contributed by atoms with E-state index in [1.165, 1.54) is 0 Å². The van der Waals surface area contributed by atoms with E-state index in [-0.39, 0.29) is 0 Å². The van der Waals surface area contributed by atoms with Gasteiger partial charge in [-0.05, 0) is 38.1 Å². The smallest absolute Gasteiger partial charge is 0.319 e. The first-order chi connectivity index (χ1) is 7.46. The van der Waals surface area contributed by atoms with Crippen molar-refractivity contribution in [2.75, 3.05) is 22.7 Å². The van der Waals surface area contributed by atoms with E-state index in [1.807, 2.05) is 12.1 Å². The standard InChI is InChI=1S/C10H15ClN2O2S/c1-3-13(4-2)10-7-5-9(6-8-10)12-16(11,14)15/h5-8,12H,3-4H2,1-2H3. The lowest BCUT2D eigenvalue weighted by molar-refractivity contribution is 0.614. The van der Waals surface area contributed by atoms with Crippen LogP contribution in [0.3, 0.4) is 0 Å². The molecule has 0 atom stereocenters. The topological polar surface area (TPSA) is 49.4 Å². The first-order valence-corrected chi connectivity index (χ1v) is 7.34. The molecule has 0 aliphatic rings. The van der Waals surface area contributed by atoms with E-state index in [0.717, 1.165) is 18.8 Å². The molecule has 0 saturated heterocycles. The second-order valence-corrected chi connectivity index (χ2v) is 5.56. The van der Waals surface area contributed by atoms with Crippen molar-refractivity contribution in [1.82, 2.24) is 0 Å². The van der Waals surface area contributed by atoms with Gasteiger partial charge in [-0.15, -0.1) is 0 Å². The zero-order chi connectivity index (χ0) is 12.2. The van der Waals surface area contributed by atoms with Gasteiger partial charge in [0.2, 0.25) is 0 Å². The molecule has 4 nitrogen and oxygen atoms in total. The molecule has 0 aliphatic carbocycles. The van der Waals surface area contributed by atoms with Crippen LogP contribution in [-0.4, -0.2) is 21.5 Å². The van der Waals surface area contributed by atoms with E-state index in [9.17, 15) is 8.42 Å². The van der Waals surface area contributed by atoms with Crippen molar-refractivity contribution in [3.63, 3.8) is 0 Å². The zero-order valence-corrected chi connectivity index (χ0v) is 10.8. The van der Waals surface area contributed by atoms with E-state index < -0.39 is 9.24 Å². The fourth-order valence-corrected chi connectivity index (χ4v) is 2.15. The molecule has 0 amide bonds. The monoisotopic (exact) mass is 262 g/mol. The molecule has 1 rings (SSSR count). The summed E-state index contributed by atoms with van der Waals surface area (Å²) in [5, 5.41) is 0. The molecule has 0 bridgehead atoms. The van der Waals surface area contributed by atoms with Gasteiger partial charge in [0.05, 0.1) is 0 Å². The third kappa shape index (κ3) is 3.90. The van der Waals surface area contributed by atoms with Crippen LogP contribution in [-0.2, 0) is 9.24 Å². The molecule has 0 saturated carbocycles. The van der Waals surface area contributed by atoms with Crippen LogP contribution in [0, 0.1) is 0 Å². The fourth-order valence-electron chi connectivity index (χ4n) is 1.47. The van der Waals surface area contributed by atoms with Gasteiger partial charge in [0.25, 0.3) is 0 Å². The Morgan fingerprint density at radius 2 is 1.69 bits per heavy atom. The lowest BCUT2D eigenvalue weighted by Crippen LogP contribution is -2.21. The molecule has 1 N–H and O–H groups in total. The van der Waals surface area contributed by atoms with Crippen LogP contribution < -0.4 is 9.62 Å². The molecule has 1 aromatic rings. The van der Waals surface area contributed by atoms with Crippen molar-refractivity contribution in [2.45, 2.75) is 13.8 Å². The highest BCUT2D eigenvalue weighted by Gasteiger charge is 2.05. The minimum atomic E-state index is -3.71. The molecule has 0 radical (unpaired) electrons. The number of nitrogens with zero attached hydrogens (tertiary/aromatic N) is 1. The maximum absolute atomic E-state index is 10.8. The summed E-state index contributed by atoms with van der Waals surface area (Å²) >= 11 is 0. The number of hydrogen-bond donors (Lipinski definition) is 1. The minimum Gasteiger partial charge on any atom is -0.372 e. The highest BCUT2D eigenvalue weighted by atomic mass is 35.7. The van der Waals surface area contributed by atoms with E-state index in [2.05, 4.69) is 23.5 Å². The largest absolute Gasteiger partial charge is 0.372 e. The number of benzene rings is 1. The first kappa shape index (κ1) is 13.1. The van der Waals surface area contributed by atoms with Crippen molar-refractivity contribution in [2.24, 2.45) is 0 Å². The third-order valence-corrected chi connectivity index (χ3v) is 2.95. The minimum absolute atomic E-state index is 0.464. The second kappa shape index (κ2) is 5.41. The summed E-state index contributed by atoms with van der Waals surface area (Å²) in [5.74, 6) is 0. The Morgan fingerprint density at radius 1 is 1.19 bits per heavy atom. The summed E-state index contributed by atoms with van der Waals surface area (Å²) in [6, 6.07) is 7.09. The van der Waals surface area contributed by atoms with Gasteiger partial charge in [-0.2, -0.15) is 8.42 Å². The third-order valence-electron chi connectivity index (χ3n) is 2.24. The molecule has 0 unspecified atom stereocenters. The van der Waals surface area contributed by atoms with E-state index in [1.54, 1.807) is 12.1 Å². The average Bonchev–Trinajstić information content (AvgIpc) is 2.20. The number of nitrogens with one attached hydrogen (secondary N) is 1. The summed E-state index contributed by atoms with van der Waals surface area (Å²) in [5.41, 5.74) is 1.52. The average molecular weight is 263 g/mol. The lowest BCUT2D eigenvalue weighted by Gasteiger charge is -2.21. The second-order valence-electron chi connectivity index (χ2n) is 3.26. The summed E-state index contributed by atoms with van der Waals surface area (Å²) < 4.78 is 23.8. The van der Waals surface area contributed by atoms with E-state index in [0.29, 0.717) is 5.69 Å². The predicted octanol–water partition coefficient (Wildman–Crippen LogP) is 2.43. The summed E-state index contributed by atoms with van der Waals surface area (Å²) in [4.78, 5) is 2.17. The maximum Gasteiger partial charge on any atom is 0.319 e. The Morgan fingerprint density at radius 3 is 2.06 bits per heavy atom. The van der Waals surface area contributed by atoms with Crippen LogP contribution in [0.1, 0.15) is 13.8 Å². The number of hydrogen-bond acceptors (Lipinski definition) is 3. The number of anilines is 2. The van der Waals surface area contributed by atoms with Crippen molar-refractivity contribution >= 4 is 31.3 Å². The fraction of sp³-hybridized carbons (Fsp3) is 0.400. The molecule has 6 heteroatoms. The molecule has 0 fully saturated rings. The number of halogens is 1. The van der Waals surface area contributed by atoms with Gasteiger partial charge in [0, 0.05) is 35.1 Å². The summed E-state index contributed by atoms with van der Waals surface area (Å²) in [6.45, 7) is 5.96. The van der Waals surface area contributed by atoms with Crippen LogP contribution in [0.15, 0.2) is 24.3 Å². The molecule has 0 spiro atoms. The maximum atomic E-state index is 10.8. The predicted molar refractivity (Wildman–Crippen MR) is 68.4 cm³/mol. The van der Waals surface area contributed by atoms with Gasteiger partial charge < -0.3 is 4.90 Å². The van der Waals surface area contributed by atoms with E-state index >= 15 is 0 Å². The molecular formula is C10H15ClN2O2S. The Labute approximate surface area is 101 Å². The first-order valence-electron chi connectivity index (χ1n) is 5.03. The molecule has 90 valence electrons. The lowest BCUT2D eigenvalue weighted by atomic mass is 10.2. The molecule has 0 aromatic heterocycles. The van der Waals surface area contributed by atoms with Crippen LogP contribution in [0.5, 0.6) is 0 Å². The van der Waals surface area contributed by atoms with Gasteiger partial charge in [0.1, 0.15) is 0 Å². The van der Waals surface area contributed by atoms with Crippen LogP contribution in [0.2, 0.25) is 0 Å². The van der Waals surface area contributed by atoms with Gasteiger partial charge in [-0.1, -0.05) is 0 Å². The van der Waals surface area contributed by atoms with Gasteiger partial charge in [-0.25, -0.2) is 0 Å². The van der Waals surface area contributed by atoms with Gasteiger partial charge in [0.15, 0.2) is 0 Å². The number of rotatable bonds is 5. The highest BCUT2D eigenvalue weighted by Crippen LogP contribution is 2.18. The Kier molecular flexibility index (Phi) is 4.44. The Bertz CT molecular complexity index is 427. The Balaban J connectivity index is 2.82. The van der Waals surface area contributed by atoms with Crippen LogP contribution in [0.4, 0.5) is 11.4 Å². The van der Waals surface area contributed by atoms with Crippen molar-refractivity contribution in [3.05, 3.63) is 24.3 Å². The van der Waals surface area contributed by atoms with Gasteiger partial charge in [-0.3, -0.25) is 4.72 Å². The molecule has 0 aliphatic heterocycles. The zero-order valence-electron chi connectivity index (χ0n) is 9.27. The summed E-state index contributed by atoms with van der Waals surface area (Å²) in [6.07, 6.45) is 0. The van der Waals surface area contributed by atoms with Crippen LogP contribution >= 0.6 is 10.7 Å². The van der Waals surface area contributed by atoms with Crippen molar-refractivity contribution < 1.29 is 8.42 Å². The quantitative estimate of drug-likeness (QED) is 0.829. The molecule has 0 heterocycles. The van der Waals surface area contributed by atoms with Crippen molar-refractivity contribution in [1.29, 1.82) is 0 Å². The SMILES string of the molecule is CCN(CC)c1ccc(NS(=O)(=O)Cl)cc1.